The second-order valence-corrected chi connectivity index (χ2v) is 6.98. The number of aryl methyl sites for hydroxylation is 2. The molecule has 0 bridgehead atoms. The summed E-state index contributed by atoms with van der Waals surface area (Å²) in [6.45, 7) is 2.75. The molecule has 0 unspecified atom stereocenters. The van der Waals surface area contributed by atoms with Crippen LogP contribution in [0.15, 0.2) is 54.7 Å². The Morgan fingerprint density at radius 3 is 2.93 bits per heavy atom. The number of carbonyl (C=O) groups is 1. The molecule has 0 atom stereocenters. The van der Waals surface area contributed by atoms with Crippen LogP contribution in [0.1, 0.15) is 28.0 Å². The zero-order valence-electron chi connectivity index (χ0n) is 14.9. The quantitative estimate of drug-likeness (QED) is 0.712. The Balaban J connectivity index is 1.62. The molecule has 5 nitrogen and oxygen atoms in total. The molecule has 0 saturated heterocycles. The minimum Gasteiger partial charge on any atom is -0.320 e. The molecule has 1 aromatic heterocycles. The topological polar surface area (TPSA) is 58.1 Å². The van der Waals surface area contributed by atoms with Crippen LogP contribution in [0.3, 0.4) is 0 Å². The van der Waals surface area contributed by atoms with Crippen LogP contribution in [0.5, 0.6) is 0 Å². The minimum absolute atomic E-state index is 0.283. The van der Waals surface area contributed by atoms with Gasteiger partial charge in [0, 0.05) is 29.1 Å². The van der Waals surface area contributed by atoms with E-state index in [0.29, 0.717) is 22.4 Å². The zero-order valence-corrected chi connectivity index (χ0v) is 15.7. The van der Waals surface area contributed by atoms with Crippen LogP contribution in [0, 0.1) is 6.92 Å². The molecular weight excluding hydrogens is 360 g/mol. The number of fused-ring (bicyclic) bond motifs is 1. The number of benzene rings is 2. The van der Waals surface area contributed by atoms with Gasteiger partial charge in [0.05, 0.1) is 0 Å². The molecule has 0 radical (unpaired) electrons. The highest BCUT2D eigenvalue weighted by atomic mass is 35.5. The van der Waals surface area contributed by atoms with Crippen LogP contribution in [0.4, 0.5) is 17.3 Å². The van der Waals surface area contributed by atoms with Gasteiger partial charge >= 0.3 is 0 Å². The van der Waals surface area contributed by atoms with Gasteiger partial charge in [-0.05, 0) is 55.2 Å². The van der Waals surface area contributed by atoms with Gasteiger partial charge in [-0.3, -0.25) is 4.79 Å². The molecule has 0 aliphatic carbocycles. The molecule has 3 aromatic rings. The molecule has 0 fully saturated rings. The second-order valence-electron chi connectivity index (χ2n) is 6.54. The summed E-state index contributed by atoms with van der Waals surface area (Å²) in [4.78, 5) is 23.7. The van der Waals surface area contributed by atoms with Gasteiger partial charge in [-0.1, -0.05) is 35.9 Å². The molecule has 1 amide bonds. The predicted octanol–water partition coefficient (Wildman–Crippen LogP) is 4.78. The number of nitrogens with one attached hydrogen (secondary N) is 1. The van der Waals surface area contributed by atoms with Crippen molar-refractivity contribution in [3.8, 4) is 0 Å². The number of anilines is 3. The van der Waals surface area contributed by atoms with Crippen molar-refractivity contribution < 1.29 is 4.79 Å². The van der Waals surface area contributed by atoms with E-state index in [-0.39, 0.29) is 5.91 Å². The molecule has 27 heavy (non-hydrogen) atoms. The lowest BCUT2D eigenvalue weighted by Crippen LogP contribution is -2.27. The lowest BCUT2D eigenvalue weighted by atomic mass is 10.0. The Morgan fingerprint density at radius 2 is 2.04 bits per heavy atom. The summed E-state index contributed by atoms with van der Waals surface area (Å²) >= 11 is 6.04. The molecule has 1 N–H and O–H groups in total. The third-order valence-corrected chi connectivity index (χ3v) is 4.91. The largest absolute Gasteiger partial charge is 0.320 e. The molecular formula is C21H19ClN4O. The van der Waals surface area contributed by atoms with Crippen molar-refractivity contribution in [1.29, 1.82) is 0 Å². The minimum atomic E-state index is -0.283. The molecule has 0 spiro atoms. The summed E-state index contributed by atoms with van der Waals surface area (Å²) in [6.07, 6.45) is 3.69. The fraction of sp³-hybridized carbons (Fsp3) is 0.190. The number of hydrogen-bond acceptors (Lipinski definition) is 4. The molecule has 0 saturated carbocycles. The van der Waals surface area contributed by atoms with Crippen LogP contribution in [-0.2, 0) is 6.42 Å². The maximum absolute atomic E-state index is 12.7. The van der Waals surface area contributed by atoms with Crippen LogP contribution in [0.2, 0.25) is 5.02 Å². The van der Waals surface area contributed by atoms with E-state index in [2.05, 4.69) is 32.3 Å². The Kier molecular flexibility index (Phi) is 4.77. The van der Waals surface area contributed by atoms with E-state index in [1.54, 1.807) is 24.4 Å². The second kappa shape index (κ2) is 7.37. The predicted molar refractivity (Wildman–Crippen MR) is 108 cm³/mol. The van der Waals surface area contributed by atoms with E-state index >= 15 is 0 Å². The summed E-state index contributed by atoms with van der Waals surface area (Å²) in [5.41, 5.74) is 4.31. The van der Waals surface area contributed by atoms with Gasteiger partial charge in [0.1, 0.15) is 5.69 Å². The van der Waals surface area contributed by atoms with Crippen molar-refractivity contribution in [3.05, 3.63) is 76.6 Å². The normalized spacial score (nSPS) is 13.2. The summed E-state index contributed by atoms with van der Waals surface area (Å²) in [5.74, 6) is 0.256. The lowest BCUT2D eigenvalue weighted by molar-refractivity contribution is 0.102. The number of para-hydroxylation sites is 1. The van der Waals surface area contributed by atoms with Crippen LogP contribution in [0.25, 0.3) is 0 Å². The van der Waals surface area contributed by atoms with Gasteiger partial charge < -0.3 is 10.2 Å². The SMILES string of the molecule is Cc1ccc(Cl)cc1NC(=O)c1ccnc(N2CCCc3ccccc32)n1. The Hall–Kier alpha value is -2.92. The fourth-order valence-electron chi connectivity index (χ4n) is 3.26. The average molecular weight is 379 g/mol. The van der Waals surface area contributed by atoms with E-state index < -0.39 is 0 Å². The van der Waals surface area contributed by atoms with Gasteiger partial charge in [-0.15, -0.1) is 0 Å². The third-order valence-electron chi connectivity index (χ3n) is 4.67. The highest BCUT2D eigenvalue weighted by molar-refractivity contribution is 6.31. The first-order chi connectivity index (χ1) is 13.1. The van der Waals surface area contributed by atoms with Gasteiger partial charge in [0.15, 0.2) is 0 Å². The number of amides is 1. The van der Waals surface area contributed by atoms with Crippen LogP contribution < -0.4 is 10.2 Å². The van der Waals surface area contributed by atoms with Gasteiger partial charge in [-0.25, -0.2) is 9.97 Å². The van der Waals surface area contributed by atoms with Crippen molar-refractivity contribution >= 4 is 34.8 Å². The van der Waals surface area contributed by atoms with Crippen molar-refractivity contribution in [1.82, 2.24) is 9.97 Å². The van der Waals surface area contributed by atoms with Crippen LogP contribution in [-0.4, -0.2) is 22.4 Å². The van der Waals surface area contributed by atoms with E-state index in [4.69, 9.17) is 11.6 Å². The average Bonchev–Trinajstić information content (AvgIpc) is 2.70. The number of nitrogens with zero attached hydrogens (tertiary/aromatic N) is 3. The maximum Gasteiger partial charge on any atom is 0.274 e. The van der Waals surface area contributed by atoms with E-state index in [9.17, 15) is 4.79 Å². The van der Waals surface area contributed by atoms with Gasteiger partial charge in [0.25, 0.3) is 5.91 Å². The monoisotopic (exact) mass is 378 g/mol. The number of carbonyl (C=O) groups excluding carboxylic acids is 1. The van der Waals surface area contributed by atoms with Crippen LogP contribution >= 0.6 is 11.6 Å². The molecule has 4 rings (SSSR count). The molecule has 136 valence electrons. The highest BCUT2D eigenvalue weighted by Gasteiger charge is 2.21. The number of aromatic nitrogens is 2. The fourth-order valence-corrected chi connectivity index (χ4v) is 3.43. The summed E-state index contributed by atoms with van der Waals surface area (Å²) in [5, 5.41) is 3.46. The summed E-state index contributed by atoms with van der Waals surface area (Å²) < 4.78 is 0. The first-order valence-corrected chi connectivity index (χ1v) is 9.25. The molecule has 1 aliphatic heterocycles. The van der Waals surface area contributed by atoms with Gasteiger partial charge in [-0.2, -0.15) is 0 Å². The van der Waals surface area contributed by atoms with Crippen molar-refractivity contribution in [3.63, 3.8) is 0 Å². The van der Waals surface area contributed by atoms with E-state index in [1.807, 2.05) is 25.1 Å². The molecule has 2 heterocycles. The van der Waals surface area contributed by atoms with Gasteiger partial charge in [0.2, 0.25) is 5.95 Å². The van der Waals surface area contributed by atoms with Crippen molar-refractivity contribution in [2.75, 3.05) is 16.8 Å². The lowest BCUT2D eigenvalue weighted by Gasteiger charge is -2.29. The Bertz CT molecular complexity index is 1000. The number of rotatable bonds is 3. The summed E-state index contributed by atoms with van der Waals surface area (Å²) in [7, 11) is 0. The highest BCUT2D eigenvalue weighted by Crippen LogP contribution is 2.31. The smallest absolute Gasteiger partial charge is 0.274 e. The summed E-state index contributed by atoms with van der Waals surface area (Å²) in [6, 6.07) is 15.3. The van der Waals surface area contributed by atoms with Crippen molar-refractivity contribution in [2.24, 2.45) is 0 Å². The van der Waals surface area contributed by atoms with E-state index in [1.165, 1.54) is 5.56 Å². The standard InChI is InChI=1S/C21H19ClN4O/c1-14-8-9-16(22)13-18(14)24-20(27)17-10-11-23-21(25-17)26-12-4-6-15-5-2-3-7-19(15)26/h2-3,5,7-11,13H,4,6,12H2,1H3,(H,24,27). The number of halogens is 1. The van der Waals surface area contributed by atoms with E-state index in [0.717, 1.165) is 30.6 Å². The Labute approximate surface area is 163 Å². The molecule has 2 aromatic carbocycles. The first kappa shape index (κ1) is 17.5. The Morgan fingerprint density at radius 1 is 1.19 bits per heavy atom. The maximum atomic E-state index is 12.7. The molecule has 1 aliphatic rings. The molecule has 6 heteroatoms. The van der Waals surface area contributed by atoms with Crippen molar-refractivity contribution in [2.45, 2.75) is 19.8 Å². The first-order valence-electron chi connectivity index (χ1n) is 8.88. The zero-order chi connectivity index (χ0) is 18.8. The third kappa shape index (κ3) is 3.64. The number of hydrogen-bond donors (Lipinski definition) is 1.